The quantitative estimate of drug-likeness (QED) is 0.464. The average Bonchev–Trinajstić information content (AvgIpc) is 2.91. The number of rotatable bonds is 5. The maximum Gasteiger partial charge on any atom is 0.320 e. The van der Waals surface area contributed by atoms with Crippen LogP contribution in [0, 0.1) is 10.1 Å². The first-order valence-electron chi connectivity index (χ1n) is 6.71. The summed E-state index contributed by atoms with van der Waals surface area (Å²) in [5.74, 6) is -1.43. The van der Waals surface area contributed by atoms with Crippen LogP contribution in [0.3, 0.4) is 0 Å². The molecule has 1 aromatic heterocycles. The highest BCUT2D eigenvalue weighted by atomic mass is 32.2. The van der Waals surface area contributed by atoms with Crippen LogP contribution in [0.5, 0.6) is 5.75 Å². The Morgan fingerprint density at radius 2 is 2.12 bits per heavy atom. The predicted molar refractivity (Wildman–Crippen MR) is 83.6 cm³/mol. The lowest BCUT2D eigenvalue weighted by atomic mass is 10.2. The molecule has 1 amide bonds. The van der Waals surface area contributed by atoms with Crippen LogP contribution in [0.2, 0.25) is 0 Å². The Bertz CT molecular complexity index is 919. The van der Waals surface area contributed by atoms with Crippen LogP contribution in [0.1, 0.15) is 17.4 Å². The molecular formula is C13H14N4O6S. The highest BCUT2D eigenvalue weighted by Gasteiger charge is 2.26. The summed E-state index contributed by atoms with van der Waals surface area (Å²) in [7, 11) is -2.20. The van der Waals surface area contributed by atoms with Gasteiger partial charge in [0.15, 0.2) is 9.84 Å². The summed E-state index contributed by atoms with van der Waals surface area (Å²) in [6.07, 6.45) is 0.923. The van der Waals surface area contributed by atoms with Crippen molar-refractivity contribution in [2.75, 3.05) is 11.1 Å². The van der Waals surface area contributed by atoms with Gasteiger partial charge in [0, 0.05) is 7.05 Å². The van der Waals surface area contributed by atoms with E-state index in [4.69, 9.17) is 0 Å². The standard InChI is InChI=1S/C13H14N4O6S/c1-3-24(22,23)8-4-5-11(18)9(6-8)15-13(19)12-10(17(20)21)7-14-16(12)2/h4-7,18H,3H2,1-2H3,(H,15,19). The van der Waals surface area contributed by atoms with Gasteiger partial charge in [0.05, 0.1) is 21.3 Å². The van der Waals surface area contributed by atoms with Gasteiger partial charge in [-0.25, -0.2) is 8.42 Å². The lowest BCUT2D eigenvalue weighted by molar-refractivity contribution is -0.385. The second-order valence-electron chi connectivity index (χ2n) is 4.80. The van der Waals surface area contributed by atoms with Crippen molar-refractivity contribution in [3.63, 3.8) is 0 Å². The van der Waals surface area contributed by atoms with Crippen molar-refractivity contribution in [3.05, 3.63) is 40.2 Å². The van der Waals surface area contributed by atoms with E-state index < -0.39 is 26.4 Å². The number of benzene rings is 1. The fourth-order valence-corrected chi connectivity index (χ4v) is 2.89. The van der Waals surface area contributed by atoms with E-state index in [1.54, 1.807) is 0 Å². The highest BCUT2D eigenvalue weighted by Crippen LogP contribution is 2.28. The minimum absolute atomic E-state index is 0.0856. The van der Waals surface area contributed by atoms with Gasteiger partial charge in [-0.2, -0.15) is 5.10 Å². The summed E-state index contributed by atoms with van der Waals surface area (Å²) in [5, 5.41) is 26.6. The first-order valence-corrected chi connectivity index (χ1v) is 8.36. The number of aromatic hydroxyl groups is 1. The van der Waals surface area contributed by atoms with Gasteiger partial charge < -0.3 is 10.4 Å². The molecule has 0 spiro atoms. The summed E-state index contributed by atoms with van der Waals surface area (Å²) < 4.78 is 24.8. The molecule has 24 heavy (non-hydrogen) atoms. The van der Waals surface area contributed by atoms with Crippen LogP contribution in [-0.4, -0.2) is 39.9 Å². The van der Waals surface area contributed by atoms with E-state index >= 15 is 0 Å². The topological polar surface area (TPSA) is 144 Å². The average molecular weight is 354 g/mol. The molecule has 0 radical (unpaired) electrons. The summed E-state index contributed by atoms with van der Waals surface area (Å²) in [6.45, 7) is 1.46. The maximum atomic E-state index is 12.3. The van der Waals surface area contributed by atoms with Crippen molar-refractivity contribution < 1.29 is 23.2 Å². The van der Waals surface area contributed by atoms with Crippen LogP contribution in [-0.2, 0) is 16.9 Å². The van der Waals surface area contributed by atoms with Gasteiger partial charge in [0.25, 0.3) is 5.91 Å². The normalized spacial score (nSPS) is 11.2. The van der Waals surface area contributed by atoms with E-state index in [-0.39, 0.29) is 27.8 Å². The van der Waals surface area contributed by atoms with Gasteiger partial charge in [-0.1, -0.05) is 6.92 Å². The van der Waals surface area contributed by atoms with Crippen molar-refractivity contribution in [1.82, 2.24) is 9.78 Å². The number of phenolic OH excluding ortho intramolecular Hbond substituents is 1. The molecule has 0 aliphatic heterocycles. The molecule has 0 bridgehead atoms. The van der Waals surface area contributed by atoms with Crippen LogP contribution < -0.4 is 5.32 Å². The van der Waals surface area contributed by atoms with Crippen molar-refractivity contribution in [1.29, 1.82) is 0 Å². The van der Waals surface area contributed by atoms with Crippen molar-refractivity contribution in [2.24, 2.45) is 7.05 Å². The van der Waals surface area contributed by atoms with Crippen LogP contribution >= 0.6 is 0 Å². The number of carbonyl (C=O) groups excluding carboxylic acids is 1. The number of nitro groups is 1. The molecule has 2 aromatic rings. The fraction of sp³-hybridized carbons (Fsp3) is 0.231. The number of carbonyl (C=O) groups is 1. The smallest absolute Gasteiger partial charge is 0.320 e. The second kappa shape index (κ2) is 6.28. The van der Waals surface area contributed by atoms with Gasteiger partial charge in [-0.05, 0) is 18.2 Å². The number of sulfone groups is 1. The Balaban J connectivity index is 2.42. The van der Waals surface area contributed by atoms with E-state index in [2.05, 4.69) is 10.4 Å². The number of hydrogen-bond donors (Lipinski definition) is 2. The largest absolute Gasteiger partial charge is 0.506 e. The van der Waals surface area contributed by atoms with Gasteiger partial charge in [-0.3, -0.25) is 19.6 Å². The Hall–Kier alpha value is -2.95. The monoisotopic (exact) mass is 354 g/mol. The zero-order chi connectivity index (χ0) is 18.1. The highest BCUT2D eigenvalue weighted by molar-refractivity contribution is 7.91. The summed E-state index contributed by atoms with van der Waals surface area (Å²) in [6, 6.07) is 3.42. The van der Waals surface area contributed by atoms with E-state index in [0.717, 1.165) is 23.0 Å². The Kier molecular flexibility index (Phi) is 4.55. The van der Waals surface area contributed by atoms with Gasteiger partial charge in [0.2, 0.25) is 5.69 Å². The molecule has 0 aliphatic carbocycles. The molecule has 0 aliphatic rings. The number of nitrogens with zero attached hydrogens (tertiary/aromatic N) is 3. The van der Waals surface area contributed by atoms with E-state index in [1.807, 2.05) is 0 Å². The number of phenols is 1. The van der Waals surface area contributed by atoms with Crippen LogP contribution in [0.15, 0.2) is 29.3 Å². The Labute approximate surface area is 136 Å². The number of aromatic nitrogens is 2. The van der Waals surface area contributed by atoms with Gasteiger partial charge in [0.1, 0.15) is 11.9 Å². The lowest BCUT2D eigenvalue weighted by Crippen LogP contribution is -2.18. The summed E-state index contributed by atoms with van der Waals surface area (Å²) in [4.78, 5) is 22.3. The zero-order valence-electron chi connectivity index (χ0n) is 12.8. The van der Waals surface area contributed by atoms with Crippen LogP contribution in [0.25, 0.3) is 0 Å². The molecule has 2 rings (SSSR count). The molecule has 128 valence electrons. The molecule has 0 saturated carbocycles. The molecule has 1 aromatic carbocycles. The van der Waals surface area contributed by atoms with Gasteiger partial charge in [-0.15, -0.1) is 0 Å². The van der Waals surface area contributed by atoms with E-state index in [0.29, 0.717) is 0 Å². The van der Waals surface area contributed by atoms with E-state index in [9.17, 15) is 28.4 Å². The zero-order valence-corrected chi connectivity index (χ0v) is 13.6. The molecule has 11 heteroatoms. The lowest BCUT2D eigenvalue weighted by Gasteiger charge is -2.09. The van der Waals surface area contributed by atoms with Gasteiger partial charge >= 0.3 is 5.69 Å². The number of anilines is 1. The molecule has 0 fully saturated rings. The molecule has 0 unspecified atom stereocenters. The minimum Gasteiger partial charge on any atom is -0.506 e. The fourth-order valence-electron chi connectivity index (χ4n) is 1.98. The molecule has 10 nitrogen and oxygen atoms in total. The molecule has 0 saturated heterocycles. The Morgan fingerprint density at radius 1 is 1.46 bits per heavy atom. The van der Waals surface area contributed by atoms with Crippen molar-refractivity contribution in [3.8, 4) is 5.75 Å². The summed E-state index contributed by atoms with van der Waals surface area (Å²) >= 11 is 0. The molecule has 2 N–H and O–H groups in total. The molecule has 0 atom stereocenters. The first-order chi connectivity index (χ1) is 11.2. The number of aryl methyl sites for hydroxylation is 1. The third-order valence-electron chi connectivity index (χ3n) is 3.29. The minimum atomic E-state index is -3.55. The first kappa shape index (κ1) is 17.4. The number of nitrogens with one attached hydrogen (secondary N) is 1. The summed E-state index contributed by atoms with van der Waals surface area (Å²) in [5.41, 5.74) is -1.01. The van der Waals surface area contributed by atoms with E-state index in [1.165, 1.54) is 20.0 Å². The SMILES string of the molecule is CCS(=O)(=O)c1ccc(O)c(NC(=O)c2c([N+](=O)[O-])cnn2C)c1. The van der Waals surface area contributed by atoms with Crippen molar-refractivity contribution in [2.45, 2.75) is 11.8 Å². The molecule has 1 heterocycles. The third-order valence-corrected chi connectivity index (χ3v) is 5.02. The maximum absolute atomic E-state index is 12.3. The number of amides is 1. The third kappa shape index (κ3) is 3.20. The predicted octanol–water partition coefficient (Wildman–Crippen LogP) is 1.08. The Morgan fingerprint density at radius 3 is 2.71 bits per heavy atom. The van der Waals surface area contributed by atoms with Crippen LogP contribution in [0.4, 0.5) is 11.4 Å². The molecular weight excluding hydrogens is 340 g/mol. The second-order valence-corrected chi connectivity index (χ2v) is 7.07. The number of hydrogen-bond acceptors (Lipinski definition) is 7. The van der Waals surface area contributed by atoms with Crippen molar-refractivity contribution >= 4 is 27.1 Å².